The van der Waals surface area contributed by atoms with Crippen molar-refractivity contribution in [1.29, 1.82) is 0 Å². The van der Waals surface area contributed by atoms with Gasteiger partial charge in [-0.1, -0.05) is 29.8 Å². The van der Waals surface area contributed by atoms with Crippen molar-refractivity contribution in [2.75, 3.05) is 6.61 Å². The van der Waals surface area contributed by atoms with Crippen LogP contribution in [-0.4, -0.2) is 23.5 Å². The Hall–Kier alpha value is -2.16. The minimum Gasteiger partial charge on any atom is -0.483 e. The molecule has 3 N–H and O–H groups in total. The van der Waals surface area contributed by atoms with Gasteiger partial charge in [-0.25, -0.2) is 0 Å². The van der Waals surface area contributed by atoms with Gasteiger partial charge in [-0.2, -0.15) is 0 Å². The van der Waals surface area contributed by atoms with Gasteiger partial charge >= 0.3 is 0 Å². The zero-order chi connectivity index (χ0) is 19.1. The number of hydrazine groups is 1. The van der Waals surface area contributed by atoms with Crippen molar-refractivity contribution in [3.8, 4) is 5.75 Å². The normalized spacial score (nSPS) is 9.96. The summed E-state index contributed by atoms with van der Waals surface area (Å²) in [7, 11) is 0. The van der Waals surface area contributed by atoms with E-state index >= 15 is 0 Å². The molecule has 0 aliphatic rings. The first-order valence-electron chi connectivity index (χ1n) is 7.40. The van der Waals surface area contributed by atoms with Gasteiger partial charge in [0.05, 0.1) is 15.1 Å². The second-order valence-corrected chi connectivity index (χ2v) is 6.83. The zero-order valence-corrected chi connectivity index (χ0v) is 16.8. The smallest absolute Gasteiger partial charge is 0.271 e. The van der Waals surface area contributed by atoms with Crippen LogP contribution in [0.1, 0.15) is 15.9 Å². The molecular weight excluding hydrogens is 442 g/mol. The molecule has 0 radical (unpaired) electrons. The monoisotopic (exact) mass is 455 g/mol. The summed E-state index contributed by atoms with van der Waals surface area (Å²) >= 11 is 14.2. The Kier molecular flexibility index (Phi) is 7.38. The summed E-state index contributed by atoms with van der Waals surface area (Å²) in [5.41, 5.74) is 6.13. The molecule has 0 aliphatic heterocycles. The summed E-state index contributed by atoms with van der Waals surface area (Å²) in [5.74, 6) is -0.411. The Morgan fingerprint density at radius 1 is 1.19 bits per heavy atom. The van der Waals surface area contributed by atoms with Gasteiger partial charge < -0.3 is 4.74 Å². The summed E-state index contributed by atoms with van der Waals surface area (Å²) in [5, 5.41) is 2.63. The van der Waals surface area contributed by atoms with E-state index in [1.165, 1.54) is 0 Å². The van der Waals surface area contributed by atoms with Crippen LogP contribution in [0.25, 0.3) is 0 Å². The quantitative estimate of drug-likeness (QED) is 0.487. The van der Waals surface area contributed by atoms with Gasteiger partial charge in [-0.3, -0.25) is 25.8 Å². The molecule has 2 aromatic carbocycles. The highest BCUT2D eigenvalue weighted by molar-refractivity contribution is 9.10. The van der Waals surface area contributed by atoms with Gasteiger partial charge in [-0.15, -0.1) is 0 Å². The maximum Gasteiger partial charge on any atom is 0.271 e. The third-order valence-electron chi connectivity index (χ3n) is 3.11. The van der Waals surface area contributed by atoms with E-state index in [9.17, 15) is 9.59 Å². The first-order valence-corrected chi connectivity index (χ1v) is 8.98. The molecule has 0 atom stereocenters. The molecule has 0 aliphatic carbocycles. The Labute approximate surface area is 169 Å². The molecule has 0 aromatic heterocycles. The number of halogens is 2. The average molecular weight is 457 g/mol. The molecule has 0 heterocycles. The molecule has 9 heteroatoms. The van der Waals surface area contributed by atoms with Crippen molar-refractivity contribution in [3.63, 3.8) is 0 Å². The Morgan fingerprint density at radius 3 is 2.62 bits per heavy atom. The number of ether oxygens (including phenoxy) is 1. The van der Waals surface area contributed by atoms with Crippen molar-refractivity contribution >= 4 is 56.7 Å². The zero-order valence-electron chi connectivity index (χ0n) is 13.6. The number of thiocarbonyl (C=S) groups is 1. The fourth-order valence-corrected chi connectivity index (χ4v) is 2.88. The van der Waals surface area contributed by atoms with Crippen LogP contribution in [0.15, 0.2) is 46.9 Å². The number of carbonyl (C=O) groups excluding carboxylic acids is 2. The van der Waals surface area contributed by atoms with Crippen molar-refractivity contribution in [1.82, 2.24) is 16.2 Å². The third kappa shape index (κ3) is 5.98. The standard InChI is InChI=1S/C17H15BrClN3O3S/c1-10-6-7-14(12(18)8-10)25-9-15(23)20-17(26)22-21-16(24)11-4-2-3-5-13(11)19/h2-8H,9H2,1H3,(H,21,24)(H2,20,22,23,26). The minimum atomic E-state index is -0.480. The fourth-order valence-electron chi connectivity index (χ4n) is 1.89. The van der Waals surface area contributed by atoms with Crippen molar-refractivity contribution in [2.45, 2.75) is 6.92 Å². The lowest BCUT2D eigenvalue weighted by Crippen LogP contribution is -2.49. The van der Waals surface area contributed by atoms with Crippen molar-refractivity contribution < 1.29 is 14.3 Å². The van der Waals surface area contributed by atoms with Gasteiger partial charge in [0.25, 0.3) is 11.8 Å². The second kappa shape index (κ2) is 9.51. The second-order valence-electron chi connectivity index (χ2n) is 5.16. The largest absolute Gasteiger partial charge is 0.483 e. The summed E-state index contributed by atoms with van der Waals surface area (Å²) in [6, 6.07) is 12.1. The van der Waals surface area contributed by atoms with E-state index in [2.05, 4.69) is 32.1 Å². The first-order chi connectivity index (χ1) is 12.4. The maximum atomic E-state index is 12.0. The SMILES string of the molecule is Cc1ccc(OCC(=O)NC(=S)NNC(=O)c2ccccc2Cl)c(Br)c1. The molecule has 0 unspecified atom stereocenters. The highest BCUT2D eigenvalue weighted by Crippen LogP contribution is 2.25. The van der Waals surface area contributed by atoms with Crippen LogP contribution < -0.4 is 20.9 Å². The number of amides is 2. The van der Waals surface area contributed by atoms with E-state index in [0.717, 1.165) is 10.0 Å². The molecule has 0 bridgehead atoms. The van der Waals surface area contributed by atoms with Crippen LogP contribution in [-0.2, 0) is 4.79 Å². The molecule has 136 valence electrons. The summed E-state index contributed by atoms with van der Waals surface area (Å²) in [6.45, 7) is 1.71. The number of hydrogen-bond donors (Lipinski definition) is 3. The Morgan fingerprint density at radius 2 is 1.92 bits per heavy atom. The van der Waals surface area contributed by atoms with Gasteiger partial charge in [-0.05, 0) is 64.9 Å². The van der Waals surface area contributed by atoms with E-state index in [4.69, 9.17) is 28.6 Å². The number of rotatable bonds is 4. The molecular formula is C17H15BrClN3O3S. The predicted molar refractivity (Wildman–Crippen MR) is 107 cm³/mol. The lowest BCUT2D eigenvalue weighted by atomic mass is 10.2. The van der Waals surface area contributed by atoms with Gasteiger partial charge in [0.2, 0.25) is 0 Å². The van der Waals surface area contributed by atoms with Gasteiger partial charge in [0.15, 0.2) is 11.7 Å². The lowest BCUT2D eigenvalue weighted by Gasteiger charge is -2.12. The Balaban J connectivity index is 1.77. The van der Waals surface area contributed by atoms with E-state index in [-0.39, 0.29) is 17.3 Å². The fraction of sp³-hybridized carbons (Fsp3) is 0.118. The van der Waals surface area contributed by atoms with Crippen molar-refractivity contribution in [2.24, 2.45) is 0 Å². The summed E-state index contributed by atoms with van der Waals surface area (Å²) < 4.78 is 6.16. The summed E-state index contributed by atoms with van der Waals surface area (Å²) in [6.07, 6.45) is 0. The lowest BCUT2D eigenvalue weighted by molar-refractivity contribution is -0.121. The molecule has 0 fully saturated rings. The number of hydrogen-bond acceptors (Lipinski definition) is 4. The average Bonchev–Trinajstić information content (AvgIpc) is 2.59. The summed E-state index contributed by atoms with van der Waals surface area (Å²) in [4.78, 5) is 23.8. The molecule has 6 nitrogen and oxygen atoms in total. The molecule has 26 heavy (non-hydrogen) atoms. The van der Waals surface area contributed by atoms with E-state index < -0.39 is 11.8 Å². The van der Waals surface area contributed by atoms with Gasteiger partial charge in [0, 0.05) is 0 Å². The van der Waals surface area contributed by atoms with Crippen molar-refractivity contribution in [3.05, 3.63) is 63.1 Å². The van der Waals surface area contributed by atoms with Crippen LogP contribution in [0, 0.1) is 6.92 Å². The van der Waals surface area contributed by atoms with Crippen LogP contribution >= 0.6 is 39.7 Å². The number of carbonyl (C=O) groups is 2. The highest BCUT2D eigenvalue weighted by atomic mass is 79.9. The van der Waals surface area contributed by atoms with E-state index in [0.29, 0.717) is 10.8 Å². The van der Waals surface area contributed by atoms with E-state index in [1.54, 1.807) is 30.3 Å². The highest BCUT2D eigenvalue weighted by Gasteiger charge is 2.11. The molecule has 2 amide bonds. The minimum absolute atomic E-state index is 0.0676. The van der Waals surface area contributed by atoms with Crippen LogP contribution in [0.3, 0.4) is 0 Å². The number of benzene rings is 2. The molecule has 0 saturated carbocycles. The predicted octanol–water partition coefficient (Wildman–Crippen LogP) is 3.13. The molecule has 0 spiro atoms. The van der Waals surface area contributed by atoms with Crippen LogP contribution in [0.5, 0.6) is 5.75 Å². The van der Waals surface area contributed by atoms with Crippen LogP contribution in [0.2, 0.25) is 5.02 Å². The van der Waals surface area contributed by atoms with E-state index in [1.807, 2.05) is 19.1 Å². The topological polar surface area (TPSA) is 79.5 Å². The molecule has 0 saturated heterocycles. The Bertz CT molecular complexity index is 848. The maximum absolute atomic E-state index is 12.0. The molecule has 2 aromatic rings. The molecule has 2 rings (SSSR count). The number of aryl methyl sites for hydroxylation is 1. The first kappa shape index (κ1) is 20.2. The third-order valence-corrected chi connectivity index (χ3v) is 4.26. The van der Waals surface area contributed by atoms with Crippen LogP contribution in [0.4, 0.5) is 0 Å². The van der Waals surface area contributed by atoms with Gasteiger partial charge in [0.1, 0.15) is 5.75 Å². The number of nitrogens with one attached hydrogen (secondary N) is 3.